The van der Waals surface area contributed by atoms with Crippen LogP contribution < -0.4 is 20.7 Å². The fraction of sp³-hybridized carbons (Fsp3) is 0.533. The van der Waals surface area contributed by atoms with E-state index in [-0.39, 0.29) is 11.4 Å². The van der Waals surface area contributed by atoms with Crippen molar-refractivity contribution in [2.24, 2.45) is 0 Å². The molecular formula is C15H23N3O2. The zero-order chi connectivity index (χ0) is 14.4. The van der Waals surface area contributed by atoms with Crippen LogP contribution in [0.3, 0.4) is 0 Å². The van der Waals surface area contributed by atoms with Gasteiger partial charge in [-0.05, 0) is 37.6 Å². The molecule has 1 unspecified atom stereocenters. The molecule has 3 N–H and O–H groups in total. The number of ether oxygens (including phenoxy) is 1. The molecule has 0 radical (unpaired) electrons. The molecule has 1 amide bonds. The van der Waals surface area contributed by atoms with Crippen LogP contribution in [0.15, 0.2) is 24.3 Å². The van der Waals surface area contributed by atoms with Crippen molar-refractivity contribution < 1.29 is 9.53 Å². The Morgan fingerprint density at radius 3 is 3.05 bits per heavy atom. The van der Waals surface area contributed by atoms with Gasteiger partial charge >= 0.3 is 0 Å². The number of carbonyl (C=O) groups excluding carboxylic acids is 1. The Morgan fingerprint density at radius 2 is 2.35 bits per heavy atom. The van der Waals surface area contributed by atoms with E-state index in [0.717, 1.165) is 30.8 Å². The second kappa shape index (κ2) is 6.72. The third-order valence-corrected chi connectivity index (χ3v) is 3.67. The molecule has 110 valence electrons. The van der Waals surface area contributed by atoms with Crippen LogP contribution in [-0.2, 0) is 11.3 Å². The summed E-state index contributed by atoms with van der Waals surface area (Å²) in [5.41, 5.74) is 1.07. The molecule has 1 saturated heterocycles. The van der Waals surface area contributed by atoms with E-state index < -0.39 is 0 Å². The maximum Gasteiger partial charge on any atom is 0.234 e. The first-order valence-electron chi connectivity index (χ1n) is 6.97. The van der Waals surface area contributed by atoms with Gasteiger partial charge < -0.3 is 20.7 Å². The summed E-state index contributed by atoms with van der Waals surface area (Å²) in [5, 5.41) is 9.53. The van der Waals surface area contributed by atoms with Crippen LogP contribution >= 0.6 is 0 Å². The molecule has 5 nitrogen and oxygen atoms in total. The average molecular weight is 277 g/mol. The van der Waals surface area contributed by atoms with E-state index >= 15 is 0 Å². The lowest BCUT2D eigenvalue weighted by molar-refractivity contribution is -0.120. The van der Waals surface area contributed by atoms with Crippen molar-refractivity contribution in [3.8, 4) is 5.75 Å². The van der Waals surface area contributed by atoms with Crippen molar-refractivity contribution in [1.82, 2.24) is 16.0 Å². The molecule has 1 aliphatic rings. The van der Waals surface area contributed by atoms with Gasteiger partial charge in [-0.25, -0.2) is 0 Å². The van der Waals surface area contributed by atoms with Gasteiger partial charge in [-0.2, -0.15) is 0 Å². The second-order valence-electron chi connectivity index (χ2n) is 5.47. The molecule has 1 aliphatic heterocycles. The molecule has 2 rings (SSSR count). The lowest BCUT2D eigenvalue weighted by atomic mass is 10.0. The minimum Gasteiger partial charge on any atom is -0.497 e. The lowest BCUT2D eigenvalue weighted by Crippen LogP contribution is -2.48. The predicted molar refractivity (Wildman–Crippen MR) is 78.7 cm³/mol. The number of carbonyl (C=O) groups is 1. The van der Waals surface area contributed by atoms with E-state index in [1.807, 2.05) is 24.3 Å². The summed E-state index contributed by atoms with van der Waals surface area (Å²) in [5.74, 6) is 0.820. The largest absolute Gasteiger partial charge is 0.497 e. The Morgan fingerprint density at radius 1 is 1.50 bits per heavy atom. The number of hydrogen-bond acceptors (Lipinski definition) is 4. The Labute approximate surface area is 120 Å². The second-order valence-corrected chi connectivity index (χ2v) is 5.47. The molecule has 1 fully saturated rings. The van der Waals surface area contributed by atoms with E-state index in [1.54, 1.807) is 7.11 Å². The van der Waals surface area contributed by atoms with E-state index in [1.165, 1.54) is 0 Å². The standard InChI is InChI=1S/C15H23N3O2/c1-15(6-7-16-11-15)18-10-14(19)17-9-12-4-3-5-13(8-12)20-2/h3-5,8,16,18H,6-7,9-11H2,1-2H3,(H,17,19). The third kappa shape index (κ3) is 4.21. The minimum absolute atomic E-state index is 0.0148. The van der Waals surface area contributed by atoms with Crippen LogP contribution in [0.5, 0.6) is 5.75 Å². The molecular weight excluding hydrogens is 254 g/mol. The van der Waals surface area contributed by atoms with Crippen molar-refractivity contribution in [2.75, 3.05) is 26.7 Å². The number of hydrogen-bond donors (Lipinski definition) is 3. The number of methoxy groups -OCH3 is 1. The highest BCUT2D eigenvalue weighted by Crippen LogP contribution is 2.13. The lowest BCUT2D eigenvalue weighted by Gasteiger charge is -2.24. The monoisotopic (exact) mass is 277 g/mol. The van der Waals surface area contributed by atoms with Gasteiger partial charge in [0.05, 0.1) is 13.7 Å². The molecule has 1 heterocycles. The SMILES string of the molecule is COc1cccc(CNC(=O)CNC2(C)CCNC2)c1. The van der Waals surface area contributed by atoms with E-state index in [9.17, 15) is 4.79 Å². The number of benzene rings is 1. The highest BCUT2D eigenvalue weighted by Gasteiger charge is 2.28. The molecule has 0 aliphatic carbocycles. The van der Waals surface area contributed by atoms with Gasteiger partial charge in [-0.3, -0.25) is 4.79 Å². The summed E-state index contributed by atoms with van der Waals surface area (Å²) in [4.78, 5) is 11.8. The third-order valence-electron chi connectivity index (χ3n) is 3.67. The zero-order valence-electron chi connectivity index (χ0n) is 12.2. The van der Waals surface area contributed by atoms with Gasteiger partial charge in [0.1, 0.15) is 5.75 Å². The van der Waals surface area contributed by atoms with Gasteiger partial charge in [0.15, 0.2) is 0 Å². The molecule has 1 aromatic rings. The molecule has 1 aromatic carbocycles. The zero-order valence-corrected chi connectivity index (χ0v) is 12.2. The van der Waals surface area contributed by atoms with Crippen LogP contribution in [0.2, 0.25) is 0 Å². The van der Waals surface area contributed by atoms with E-state index in [4.69, 9.17) is 4.74 Å². The number of rotatable bonds is 6. The molecule has 1 atom stereocenters. The predicted octanol–water partition coefficient (Wildman–Crippen LogP) is 0.653. The first kappa shape index (κ1) is 14.8. The summed E-state index contributed by atoms with van der Waals surface area (Å²) in [6.07, 6.45) is 1.05. The topological polar surface area (TPSA) is 62.4 Å². The molecule has 20 heavy (non-hydrogen) atoms. The fourth-order valence-electron chi connectivity index (χ4n) is 2.31. The molecule has 0 bridgehead atoms. The smallest absolute Gasteiger partial charge is 0.234 e. The number of nitrogens with one attached hydrogen (secondary N) is 3. The van der Waals surface area contributed by atoms with Crippen LogP contribution in [-0.4, -0.2) is 38.2 Å². The molecule has 5 heteroatoms. The molecule has 0 saturated carbocycles. The average Bonchev–Trinajstić information content (AvgIpc) is 2.90. The van der Waals surface area contributed by atoms with E-state index in [0.29, 0.717) is 13.1 Å². The van der Waals surface area contributed by atoms with Crippen molar-refractivity contribution in [1.29, 1.82) is 0 Å². The molecule has 0 spiro atoms. The summed E-state index contributed by atoms with van der Waals surface area (Å²) in [7, 11) is 1.64. The van der Waals surface area contributed by atoms with Crippen molar-refractivity contribution in [3.63, 3.8) is 0 Å². The minimum atomic E-state index is 0.0148. The number of amides is 1. The van der Waals surface area contributed by atoms with Crippen molar-refractivity contribution in [3.05, 3.63) is 29.8 Å². The van der Waals surface area contributed by atoms with Crippen molar-refractivity contribution >= 4 is 5.91 Å². The fourth-order valence-corrected chi connectivity index (χ4v) is 2.31. The van der Waals surface area contributed by atoms with Crippen LogP contribution in [0.25, 0.3) is 0 Å². The summed E-state index contributed by atoms with van der Waals surface area (Å²) >= 11 is 0. The Balaban J connectivity index is 1.74. The Hall–Kier alpha value is -1.59. The van der Waals surface area contributed by atoms with Gasteiger partial charge in [0.25, 0.3) is 0 Å². The van der Waals surface area contributed by atoms with Crippen molar-refractivity contribution in [2.45, 2.75) is 25.4 Å². The normalized spacial score (nSPS) is 21.7. The van der Waals surface area contributed by atoms with Gasteiger partial charge in [0.2, 0.25) is 5.91 Å². The Bertz CT molecular complexity index is 456. The highest BCUT2D eigenvalue weighted by atomic mass is 16.5. The van der Waals surface area contributed by atoms with Crippen LogP contribution in [0.1, 0.15) is 18.9 Å². The summed E-state index contributed by atoms with van der Waals surface area (Å²) < 4.78 is 5.16. The van der Waals surface area contributed by atoms with Crippen LogP contribution in [0.4, 0.5) is 0 Å². The molecule has 0 aromatic heterocycles. The first-order chi connectivity index (χ1) is 9.61. The van der Waals surface area contributed by atoms with E-state index in [2.05, 4.69) is 22.9 Å². The Kier molecular flexibility index (Phi) is 4.98. The highest BCUT2D eigenvalue weighted by molar-refractivity contribution is 5.78. The first-order valence-corrected chi connectivity index (χ1v) is 6.97. The summed E-state index contributed by atoms with van der Waals surface area (Å²) in [6, 6.07) is 7.71. The maximum atomic E-state index is 11.8. The van der Waals surface area contributed by atoms with Gasteiger partial charge in [0, 0.05) is 18.6 Å². The summed E-state index contributed by atoms with van der Waals surface area (Å²) in [6.45, 7) is 4.93. The van der Waals surface area contributed by atoms with Crippen LogP contribution in [0, 0.1) is 0 Å². The van der Waals surface area contributed by atoms with Gasteiger partial charge in [-0.1, -0.05) is 12.1 Å². The van der Waals surface area contributed by atoms with Gasteiger partial charge in [-0.15, -0.1) is 0 Å². The maximum absolute atomic E-state index is 11.8. The quantitative estimate of drug-likeness (QED) is 0.714.